The van der Waals surface area contributed by atoms with Crippen LogP contribution in [0, 0.1) is 5.82 Å². The van der Waals surface area contributed by atoms with Crippen molar-refractivity contribution in [3.05, 3.63) is 76.0 Å². The van der Waals surface area contributed by atoms with Gasteiger partial charge in [0.2, 0.25) is 5.91 Å². The number of benzene rings is 2. The molecule has 158 valence electrons. The third-order valence-corrected chi connectivity index (χ3v) is 7.62. The van der Waals surface area contributed by atoms with Gasteiger partial charge in [-0.2, -0.15) is 0 Å². The summed E-state index contributed by atoms with van der Waals surface area (Å²) in [5.41, 5.74) is 3.29. The molecule has 0 aliphatic carbocycles. The third kappa shape index (κ3) is 3.78. The Hall–Kier alpha value is -2.58. The van der Waals surface area contributed by atoms with Crippen molar-refractivity contribution in [2.24, 2.45) is 0 Å². The summed E-state index contributed by atoms with van der Waals surface area (Å²) in [6, 6.07) is 13.7. The highest BCUT2D eigenvalue weighted by Gasteiger charge is 2.28. The van der Waals surface area contributed by atoms with Gasteiger partial charge in [-0.3, -0.25) is 14.2 Å². The van der Waals surface area contributed by atoms with Crippen LogP contribution in [0.4, 0.5) is 10.1 Å². The summed E-state index contributed by atoms with van der Waals surface area (Å²) in [6.45, 7) is 2.73. The van der Waals surface area contributed by atoms with Crippen LogP contribution in [0.3, 0.4) is 0 Å². The highest BCUT2D eigenvalue weighted by Crippen LogP contribution is 2.35. The molecule has 2 aromatic carbocycles. The van der Waals surface area contributed by atoms with Crippen LogP contribution in [-0.4, -0.2) is 33.0 Å². The minimum Gasteiger partial charge on any atom is -0.311 e. The predicted molar refractivity (Wildman–Crippen MR) is 122 cm³/mol. The molecule has 1 atom stereocenters. The number of carbonyl (C=O) groups is 1. The molecule has 3 heterocycles. The van der Waals surface area contributed by atoms with E-state index in [4.69, 9.17) is 4.98 Å². The maximum absolute atomic E-state index is 13.5. The minimum atomic E-state index is -0.369. The van der Waals surface area contributed by atoms with E-state index in [1.165, 1.54) is 45.8 Å². The first kappa shape index (κ1) is 20.3. The summed E-state index contributed by atoms with van der Waals surface area (Å²) >= 11 is 2.78. The number of anilines is 1. The Morgan fingerprint density at radius 3 is 2.81 bits per heavy atom. The van der Waals surface area contributed by atoms with Gasteiger partial charge in [0, 0.05) is 23.9 Å². The standard InChI is InChI=1S/C23H20FN3O2S2/c1-14-12-18-21(31-14)22(29)27(17-8-6-16(24)7-9-17)23(25-18)30-13-20(28)26-11-10-15-4-2-3-5-19(15)26/h2-9,14H,10-13H2,1H3. The number of hydrogen-bond donors (Lipinski definition) is 0. The fraction of sp³-hybridized carbons (Fsp3) is 0.261. The number of halogens is 1. The van der Waals surface area contributed by atoms with Gasteiger partial charge in [0.1, 0.15) is 5.82 Å². The van der Waals surface area contributed by atoms with E-state index in [1.807, 2.05) is 24.3 Å². The van der Waals surface area contributed by atoms with Gasteiger partial charge in [-0.05, 0) is 42.3 Å². The summed E-state index contributed by atoms with van der Waals surface area (Å²) in [5, 5.41) is 0.741. The monoisotopic (exact) mass is 453 g/mol. The number of carbonyl (C=O) groups excluding carboxylic acids is 1. The van der Waals surface area contributed by atoms with Gasteiger partial charge in [-0.15, -0.1) is 11.8 Å². The van der Waals surface area contributed by atoms with Crippen LogP contribution in [0.25, 0.3) is 5.69 Å². The van der Waals surface area contributed by atoms with Crippen molar-refractivity contribution in [3.8, 4) is 5.69 Å². The Labute approximate surface area is 187 Å². The Balaban J connectivity index is 1.47. The van der Waals surface area contributed by atoms with Crippen molar-refractivity contribution in [3.63, 3.8) is 0 Å². The lowest BCUT2D eigenvalue weighted by Gasteiger charge is -2.18. The second-order valence-corrected chi connectivity index (χ2v) is 10.0. The molecule has 5 rings (SSSR count). The van der Waals surface area contributed by atoms with E-state index in [-0.39, 0.29) is 28.3 Å². The molecule has 2 aliphatic rings. The van der Waals surface area contributed by atoms with Crippen molar-refractivity contribution in [1.82, 2.24) is 9.55 Å². The third-order valence-electron chi connectivity index (χ3n) is 5.48. The van der Waals surface area contributed by atoms with E-state index in [1.54, 1.807) is 17.0 Å². The normalized spacial score (nSPS) is 17.0. The average Bonchev–Trinajstić information content (AvgIpc) is 3.36. The Kier molecular flexibility index (Phi) is 5.35. The quantitative estimate of drug-likeness (QED) is 0.440. The number of rotatable bonds is 4. The fourth-order valence-electron chi connectivity index (χ4n) is 4.02. The molecule has 3 aromatic rings. The first-order valence-corrected chi connectivity index (χ1v) is 12.0. The van der Waals surface area contributed by atoms with Crippen LogP contribution >= 0.6 is 23.5 Å². The Bertz CT molecular complexity index is 1230. The first-order chi connectivity index (χ1) is 15.0. The lowest BCUT2D eigenvalue weighted by Crippen LogP contribution is -2.31. The molecule has 1 unspecified atom stereocenters. The molecular weight excluding hydrogens is 433 g/mol. The smallest absolute Gasteiger partial charge is 0.272 e. The number of para-hydroxylation sites is 1. The van der Waals surface area contributed by atoms with E-state index >= 15 is 0 Å². The second-order valence-electron chi connectivity index (χ2n) is 7.63. The van der Waals surface area contributed by atoms with Gasteiger partial charge >= 0.3 is 0 Å². The van der Waals surface area contributed by atoms with Crippen LogP contribution in [0.1, 0.15) is 18.2 Å². The van der Waals surface area contributed by atoms with Gasteiger partial charge in [-0.25, -0.2) is 9.37 Å². The van der Waals surface area contributed by atoms with Gasteiger partial charge in [0.05, 0.1) is 22.0 Å². The molecular formula is C23H20FN3O2S2. The van der Waals surface area contributed by atoms with Gasteiger partial charge in [0.15, 0.2) is 5.16 Å². The molecule has 8 heteroatoms. The van der Waals surface area contributed by atoms with Crippen molar-refractivity contribution in [2.75, 3.05) is 17.2 Å². The largest absolute Gasteiger partial charge is 0.311 e. The summed E-state index contributed by atoms with van der Waals surface area (Å²) in [5.74, 6) is -0.215. The van der Waals surface area contributed by atoms with Gasteiger partial charge < -0.3 is 4.90 Å². The lowest BCUT2D eigenvalue weighted by molar-refractivity contribution is -0.116. The van der Waals surface area contributed by atoms with Crippen molar-refractivity contribution in [1.29, 1.82) is 0 Å². The van der Waals surface area contributed by atoms with Crippen molar-refractivity contribution >= 4 is 35.1 Å². The van der Waals surface area contributed by atoms with Gasteiger partial charge in [0.25, 0.3) is 5.56 Å². The zero-order valence-electron chi connectivity index (χ0n) is 16.9. The topological polar surface area (TPSA) is 55.2 Å². The molecule has 0 N–H and O–H groups in total. The van der Waals surface area contributed by atoms with E-state index in [2.05, 4.69) is 6.92 Å². The highest BCUT2D eigenvalue weighted by atomic mass is 32.2. The van der Waals surface area contributed by atoms with Crippen LogP contribution in [0.5, 0.6) is 0 Å². The van der Waals surface area contributed by atoms with Crippen LogP contribution in [0.2, 0.25) is 0 Å². The van der Waals surface area contributed by atoms with E-state index in [0.717, 1.165) is 24.2 Å². The number of amides is 1. The summed E-state index contributed by atoms with van der Waals surface area (Å²) in [6.07, 6.45) is 1.57. The molecule has 0 spiro atoms. The summed E-state index contributed by atoms with van der Waals surface area (Å²) in [7, 11) is 0. The fourth-order valence-corrected chi connectivity index (χ4v) is 6.02. The summed E-state index contributed by atoms with van der Waals surface area (Å²) in [4.78, 5) is 33.4. The minimum absolute atomic E-state index is 0.0157. The number of aromatic nitrogens is 2. The Morgan fingerprint density at radius 2 is 2.00 bits per heavy atom. The molecule has 31 heavy (non-hydrogen) atoms. The second kappa shape index (κ2) is 8.16. The molecule has 1 aromatic heterocycles. The molecule has 2 aliphatic heterocycles. The molecule has 0 bridgehead atoms. The van der Waals surface area contributed by atoms with E-state index in [9.17, 15) is 14.0 Å². The zero-order valence-corrected chi connectivity index (χ0v) is 18.5. The van der Waals surface area contributed by atoms with Crippen molar-refractivity contribution < 1.29 is 9.18 Å². The highest BCUT2D eigenvalue weighted by molar-refractivity contribution is 8.00. The van der Waals surface area contributed by atoms with Gasteiger partial charge in [-0.1, -0.05) is 36.9 Å². The van der Waals surface area contributed by atoms with Crippen molar-refractivity contribution in [2.45, 2.75) is 35.1 Å². The van der Waals surface area contributed by atoms with Crippen LogP contribution in [0.15, 0.2) is 63.4 Å². The van der Waals surface area contributed by atoms with E-state index in [0.29, 0.717) is 22.3 Å². The zero-order chi connectivity index (χ0) is 21.5. The number of nitrogens with zero attached hydrogens (tertiary/aromatic N) is 3. The SMILES string of the molecule is CC1Cc2nc(SCC(=O)N3CCc4ccccc43)n(-c3ccc(F)cc3)c(=O)c2S1. The predicted octanol–water partition coefficient (Wildman–Crippen LogP) is 4.09. The molecule has 0 saturated carbocycles. The maximum Gasteiger partial charge on any atom is 0.272 e. The molecule has 0 saturated heterocycles. The molecule has 0 fully saturated rings. The number of fused-ring (bicyclic) bond motifs is 2. The maximum atomic E-state index is 13.5. The summed E-state index contributed by atoms with van der Waals surface area (Å²) < 4.78 is 15.0. The lowest BCUT2D eigenvalue weighted by atomic mass is 10.2. The average molecular weight is 454 g/mol. The molecule has 1 amide bonds. The first-order valence-electron chi connectivity index (χ1n) is 10.1. The molecule has 0 radical (unpaired) electrons. The Morgan fingerprint density at radius 1 is 1.23 bits per heavy atom. The number of hydrogen-bond acceptors (Lipinski definition) is 5. The van der Waals surface area contributed by atoms with Crippen LogP contribution < -0.4 is 10.5 Å². The van der Waals surface area contributed by atoms with E-state index < -0.39 is 0 Å². The molecule has 5 nitrogen and oxygen atoms in total. The number of thioether (sulfide) groups is 2. The van der Waals surface area contributed by atoms with Crippen LogP contribution in [-0.2, 0) is 17.6 Å².